The molecule has 0 aromatic carbocycles. The van der Waals surface area contributed by atoms with Crippen LogP contribution in [-0.4, -0.2) is 11.2 Å². The maximum atomic E-state index is 6.63. The van der Waals surface area contributed by atoms with Crippen molar-refractivity contribution in [2.24, 2.45) is 16.7 Å². The summed E-state index contributed by atoms with van der Waals surface area (Å²) in [7, 11) is 0. The summed E-state index contributed by atoms with van der Waals surface area (Å²) in [6, 6.07) is 0. The van der Waals surface area contributed by atoms with Crippen LogP contribution in [0.4, 0.5) is 0 Å². The van der Waals surface area contributed by atoms with Crippen molar-refractivity contribution < 1.29 is 4.74 Å². The third kappa shape index (κ3) is 4.91. The minimum absolute atomic E-state index is 0.0900. The van der Waals surface area contributed by atoms with Crippen LogP contribution in [0, 0.1) is 16.7 Å². The Labute approximate surface area is 116 Å². The standard InChI is InChI=1S/C17H36O/c1-13(2)16(9,10)18-17(11,15(6,7)8)12-14(3,4)5/h13H,12H2,1-11H3. The molecule has 1 atom stereocenters. The number of rotatable bonds is 4. The molecule has 0 saturated heterocycles. The highest BCUT2D eigenvalue weighted by Gasteiger charge is 2.45. The van der Waals surface area contributed by atoms with Gasteiger partial charge in [-0.05, 0) is 43.9 Å². The summed E-state index contributed by atoms with van der Waals surface area (Å²) in [5.41, 5.74) is 0.202. The van der Waals surface area contributed by atoms with E-state index in [2.05, 4.69) is 76.2 Å². The number of hydrogen-bond acceptors (Lipinski definition) is 1. The SMILES string of the molecule is CC(C)C(C)(C)OC(C)(CC(C)(C)C)C(C)(C)C. The average molecular weight is 256 g/mol. The van der Waals surface area contributed by atoms with Crippen LogP contribution in [0.25, 0.3) is 0 Å². The molecule has 1 heteroatoms. The van der Waals surface area contributed by atoms with Gasteiger partial charge in [-0.1, -0.05) is 55.4 Å². The quantitative estimate of drug-likeness (QED) is 0.629. The molecular weight excluding hydrogens is 220 g/mol. The predicted octanol–water partition coefficient (Wildman–Crippen LogP) is 5.68. The summed E-state index contributed by atoms with van der Waals surface area (Å²) in [4.78, 5) is 0. The summed E-state index contributed by atoms with van der Waals surface area (Å²) in [5.74, 6) is 0.513. The molecule has 1 unspecified atom stereocenters. The Morgan fingerprint density at radius 3 is 1.39 bits per heavy atom. The van der Waals surface area contributed by atoms with Gasteiger partial charge in [0.05, 0.1) is 11.2 Å². The summed E-state index contributed by atoms with van der Waals surface area (Å²) in [6.45, 7) is 24.9. The first-order valence-electron chi connectivity index (χ1n) is 7.31. The van der Waals surface area contributed by atoms with E-state index in [0.29, 0.717) is 5.92 Å². The van der Waals surface area contributed by atoms with Crippen molar-refractivity contribution in [3.8, 4) is 0 Å². The normalized spacial score (nSPS) is 18.0. The van der Waals surface area contributed by atoms with E-state index < -0.39 is 0 Å². The van der Waals surface area contributed by atoms with E-state index in [1.165, 1.54) is 0 Å². The minimum atomic E-state index is -0.112. The largest absolute Gasteiger partial charge is 0.369 e. The van der Waals surface area contributed by atoms with Gasteiger partial charge in [-0.25, -0.2) is 0 Å². The lowest BCUT2D eigenvalue weighted by Gasteiger charge is -2.50. The van der Waals surface area contributed by atoms with Crippen molar-refractivity contribution in [1.29, 1.82) is 0 Å². The van der Waals surface area contributed by atoms with Crippen molar-refractivity contribution in [3.63, 3.8) is 0 Å². The first-order chi connectivity index (χ1) is 7.61. The van der Waals surface area contributed by atoms with E-state index in [9.17, 15) is 0 Å². The average Bonchev–Trinajstić information content (AvgIpc) is 1.95. The maximum absolute atomic E-state index is 6.63. The van der Waals surface area contributed by atoms with Crippen molar-refractivity contribution in [1.82, 2.24) is 0 Å². The number of hydrogen-bond donors (Lipinski definition) is 0. The lowest BCUT2D eigenvalue weighted by Crippen LogP contribution is -2.51. The van der Waals surface area contributed by atoms with E-state index in [1.54, 1.807) is 0 Å². The van der Waals surface area contributed by atoms with Crippen molar-refractivity contribution in [2.75, 3.05) is 0 Å². The summed E-state index contributed by atoms with van der Waals surface area (Å²) < 4.78 is 6.63. The van der Waals surface area contributed by atoms with Crippen LogP contribution < -0.4 is 0 Å². The van der Waals surface area contributed by atoms with E-state index in [4.69, 9.17) is 4.74 Å². The highest BCUT2D eigenvalue weighted by atomic mass is 16.5. The minimum Gasteiger partial charge on any atom is -0.369 e. The van der Waals surface area contributed by atoms with Crippen LogP contribution in [0.2, 0.25) is 0 Å². The predicted molar refractivity (Wildman–Crippen MR) is 81.9 cm³/mol. The van der Waals surface area contributed by atoms with Gasteiger partial charge in [0.15, 0.2) is 0 Å². The van der Waals surface area contributed by atoms with E-state index in [0.717, 1.165) is 6.42 Å². The van der Waals surface area contributed by atoms with E-state index >= 15 is 0 Å². The second-order valence-corrected chi connectivity index (χ2v) is 9.08. The Morgan fingerprint density at radius 1 is 0.778 bits per heavy atom. The lowest BCUT2D eigenvalue weighted by molar-refractivity contribution is -0.207. The topological polar surface area (TPSA) is 9.23 Å². The number of ether oxygens (including phenoxy) is 1. The molecule has 18 heavy (non-hydrogen) atoms. The van der Waals surface area contributed by atoms with Gasteiger partial charge in [0.1, 0.15) is 0 Å². The van der Waals surface area contributed by atoms with Gasteiger partial charge in [0.25, 0.3) is 0 Å². The fourth-order valence-corrected chi connectivity index (χ4v) is 2.16. The van der Waals surface area contributed by atoms with Crippen molar-refractivity contribution >= 4 is 0 Å². The molecule has 0 aliphatic carbocycles. The molecule has 0 heterocycles. The molecule has 110 valence electrons. The van der Waals surface area contributed by atoms with Crippen LogP contribution in [0.3, 0.4) is 0 Å². The van der Waals surface area contributed by atoms with Crippen LogP contribution in [0.15, 0.2) is 0 Å². The zero-order valence-corrected chi connectivity index (χ0v) is 14.7. The zero-order valence-electron chi connectivity index (χ0n) is 14.7. The van der Waals surface area contributed by atoms with Gasteiger partial charge in [-0.2, -0.15) is 0 Å². The molecule has 1 nitrogen and oxygen atoms in total. The Kier molecular flexibility index (Phi) is 5.14. The lowest BCUT2D eigenvalue weighted by atomic mass is 9.69. The van der Waals surface area contributed by atoms with Gasteiger partial charge < -0.3 is 4.74 Å². The maximum Gasteiger partial charge on any atom is 0.0714 e. The summed E-state index contributed by atoms with van der Waals surface area (Å²) >= 11 is 0. The third-order valence-electron chi connectivity index (χ3n) is 4.33. The molecule has 0 fully saturated rings. The molecule has 0 bridgehead atoms. The Balaban J connectivity index is 5.27. The fraction of sp³-hybridized carbons (Fsp3) is 1.00. The molecule has 0 radical (unpaired) electrons. The van der Waals surface area contributed by atoms with E-state index in [1.807, 2.05) is 0 Å². The van der Waals surface area contributed by atoms with Crippen LogP contribution in [0.5, 0.6) is 0 Å². The van der Waals surface area contributed by atoms with E-state index in [-0.39, 0.29) is 22.0 Å². The van der Waals surface area contributed by atoms with Crippen LogP contribution in [-0.2, 0) is 4.74 Å². The zero-order chi connectivity index (χ0) is 15.0. The summed E-state index contributed by atoms with van der Waals surface area (Å²) in [6.07, 6.45) is 1.07. The highest BCUT2D eigenvalue weighted by Crippen LogP contribution is 2.45. The molecule has 0 aromatic rings. The fourth-order valence-electron chi connectivity index (χ4n) is 2.16. The van der Waals surface area contributed by atoms with Gasteiger partial charge in [0, 0.05) is 0 Å². The van der Waals surface area contributed by atoms with Gasteiger partial charge in [-0.15, -0.1) is 0 Å². The monoisotopic (exact) mass is 256 g/mol. The van der Waals surface area contributed by atoms with Gasteiger partial charge >= 0.3 is 0 Å². The Bertz CT molecular complexity index is 262. The Hall–Kier alpha value is -0.0400. The molecule has 0 N–H and O–H groups in total. The molecule has 0 rings (SSSR count). The summed E-state index contributed by atoms with van der Waals surface area (Å²) in [5, 5.41) is 0. The van der Waals surface area contributed by atoms with Crippen molar-refractivity contribution in [2.45, 2.75) is 93.8 Å². The van der Waals surface area contributed by atoms with Crippen LogP contribution in [0.1, 0.15) is 82.6 Å². The molecule has 0 aromatic heterocycles. The van der Waals surface area contributed by atoms with Crippen LogP contribution >= 0.6 is 0 Å². The molecular formula is C17H36O. The molecule has 0 spiro atoms. The highest BCUT2D eigenvalue weighted by molar-refractivity contribution is 4.94. The molecule has 0 saturated carbocycles. The molecule has 0 aliphatic heterocycles. The second kappa shape index (κ2) is 5.15. The van der Waals surface area contributed by atoms with Gasteiger partial charge in [0.2, 0.25) is 0 Å². The molecule has 0 aliphatic rings. The Morgan fingerprint density at radius 2 is 1.17 bits per heavy atom. The first kappa shape index (κ1) is 18.0. The third-order valence-corrected chi connectivity index (χ3v) is 4.33. The van der Waals surface area contributed by atoms with Crippen molar-refractivity contribution in [3.05, 3.63) is 0 Å². The first-order valence-corrected chi connectivity index (χ1v) is 7.31. The van der Waals surface area contributed by atoms with Gasteiger partial charge in [-0.3, -0.25) is 0 Å². The molecule has 0 amide bonds. The smallest absolute Gasteiger partial charge is 0.0714 e. The second-order valence-electron chi connectivity index (χ2n) is 9.08.